The third-order valence-corrected chi connectivity index (χ3v) is 6.10. The van der Waals surface area contributed by atoms with E-state index in [9.17, 15) is 4.79 Å². The van der Waals surface area contributed by atoms with Gasteiger partial charge in [0.15, 0.2) is 5.82 Å². The lowest BCUT2D eigenvalue weighted by molar-refractivity contribution is 0.0966. The number of carbonyl (C=O) groups is 1. The van der Waals surface area contributed by atoms with Crippen molar-refractivity contribution in [1.82, 2.24) is 14.7 Å². The van der Waals surface area contributed by atoms with Crippen LogP contribution in [0, 0.1) is 0 Å². The molecule has 1 aromatic carbocycles. The molecule has 0 aliphatic carbocycles. The first-order chi connectivity index (χ1) is 14.2. The molecule has 152 valence electrons. The molecule has 1 saturated heterocycles. The zero-order chi connectivity index (χ0) is 20.2. The highest BCUT2D eigenvalue weighted by molar-refractivity contribution is 7.12. The van der Waals surface area contributed by atoms with Crippen molar-refractivity contribution in [1.29, 1.82) is 0 Å². The van der Waals surface area contributed by atoms with E-state index in [0.717, 1.165) is 42.2 Å². The number of hydrogen-bond acceptors (Lipinski definition) is 5. The number of aromatic nitrogens is 2. The fourth-order valence-corrected chi connectivity index (χ4v) is 4.34. The van der Waals surface area contributed by atoms with E-state index in [4.69, 9.17) is 9.84 Å². The maximum atomic E-state index is 13.3. The molecule has 2 aromatic heterocycles. The molecule has 6 nitrogen and oxygen atoms in total. The standard InChI is InChI=1S/C22H26N4O2S/c1-3-28-19-8-6-17(7-9-19)25-15-12-21(23-25)26(18-10-13-24(2)14-11-18)22(27)20-5-4-16-29-20/h4-9,12,15-16,18H,3,10-11,13-14H2,1-2H3. The van der Waals surface area contributed by atoms with Crippen molar-refractivity contribution in [3.8, 4) is 11.4 Å². The molecule has 0 atom stereocenters. The fourth-order valence-electron chi connectivity index (χ4n) is 3.68. The summed E-state index contributed by atoms with van der Waals surface area (Å²) in [5.74, 6) is 1.57. The summed E-state index contributed by atoms with van der Waals surface area (Å²) in [5, 5.41) is 6.70. The number of likely N-dealkylation sites (tertiary alicyclic amines) is 1. The average Bonchev–Trinajstić information content (AvgIpc) is 3.43. The van der Waals surface area contributed by atoms with Gasteiger partial charge in [0.25, 0.3) is 5.91 Å². The van der Waals surface area contributed by atoms with Crippen LogP contribution in [0.2, 0.25) is 0 Å². The number of piperidine rings is 1. The van der Waals surface area contributed by atoms with Crippen molar-refractivity contribution in [3.63, 3.8) is 0 Å². The molecule has 1 aliphatic heterocycles. The van der Waals surface area contributed by atoms with Gasteiger partial charge < -0.3 is 9.64 Å². The highest BCUT2D eigenvalue weighted by Crippen LogP contribution is 2.26. The highest BCUT2D eigenvalue weighted by Gasteiger charge is 2.31. The SMILES string of the molecule is CCOc1ccc(-n2ccc(N(C(=O)c3cccs3)C3CCN(C)CC3)n2)cc1. The van der Waals surface area contributed by atoms with Crippen LogP contribution in [0.15, 0.2) is 54.0 Å². The van der Waals surface area contributed by atoms with Gasteiger partial charge in [-0.2, -0.15) is 0 Å². The molecule has 1 amide bonds. The van der Waals surface area contributed by atoms with Gasteiger partial charge in [-0.25, -0.2) is 4.68 Å². The first-order valence-electron chi connectivity index (χ1n) is 10.00. The second-order valence-electron chi connectivity index (χ2n) is 7.23. The third kappa shape index (κ3) is 4.36. The lowest BCUT2D eigenvalue weighted by Crippen LogP contribution is -2.47. The summed E-state index contributed by atoms with van der Waals surface area (Å²) in [4.78, 5) is 18.3. The Labute approximate surface area is 175 Å². The number of amides is 1. The maximum Gasteiger partial charge on any atom is 0.269 e. The monoisotopic (exact) mass is 410 g/mol. The number of anilines is 1. The van der Waals surface area contributed by atoms with Crippen LogP contribution in [0.25, 0.3) is 5.69 Å². The molecule has 0 N–H and O–H groups in total. The van der Waals surface area contributed by atoms with Gasteiger partial charge in [-0.05, 0) is 75.6 Å². The average molecular weight is 411 g/mol. The van der Waals surface area contributed by atoms with Crippen molar-refractivity contribution in [3.05, 3.63) is 58.9 Å². The van der Waals surface area contributed by atoms with Crippen LogP contribution in [-0.4, -0.2) is 53.4 Å². The van der Waals surface area contributed by atoms with Gasteiger partial charge in [0, 0.05) is 18.3 Å². The Bertz CT molecular complexity index is 928. The first-order valence-corrected chi connectivity index (χ1v) is 10.9. The minimum absolute atomic E-state index is 0.0338. The summed E-state index contributed by atoms with van der Waals surface area (Å²) >= 11 is 1.48. The van der Waals surface area contributed by atoms with E-state index in [1.54, 1.807) is 0 Å². The van der Waals surface area contributed by atoms with Crippen molar-refractivity contribution in [2.24, 2.45) is 0 Å². The van der Waals surface area contributed by atoms with Gasteiger partial charge in [-0.1, -0.05) is 6.07 Å². The molecule has 0 spiro atoms. The molecule has 0 radical (unpaired) electrons. The molecular formula is C22H26N4O2S. The minimum atomic E-state index is 0.0338. The molecule has 7 heteroatoms. The van der Waals surface area contributed by atoms with Crippen LogP contribution in [-0.2, 0) is 0 Å². The lowest BCUT2D eigenvalue weighted by atomic mass is 10.0. The van der Waals surface area contributed by atoms with Crippen LogP contribution < -0.4 is 9.64 Å². The number of benzene rings is 1. The number of carbonyl (C=O) groups excluding carboxylic acids is 1. The van der Waals surface area contributed by atoms with Gasteiger partial charge in [0.2, 0.25) is 0 Å². The topological polar surface area (TPSA) is 50.6 Å². The zero-order valence-corrected chi connectivity index (χ0v) is 17.6. The summed E-state index contributed by atoms with van der Waals surface area (Å²) in [7, 11) is 2.13. The van der Waals surface area contributed by atoms with Crippen molar-refractivity contribution in [2.75, 3.05) is 31.6 Å². The summed E-state index contributed by atoms with van der Waals surface area (Å²) < 4.78 is 7.33. The van der Waals surface area contributed by atoms with E-state index >= 15 is 0 Å². The fraction of sp³-hybridized carbons (Fsp3) is 0.364. The second-order valence-corrected chi connectivity index (χ2v) is 8.18. The molecule has 0 bridgehead atoms. The van der Waals surface area contributed by atoms with Crippen LogP contribution in [0.1, 0.15) is 29.4 Å². The largest absolute Gasteiger partial charge is 0.494 e. The third-order valence-electron chi connectivity index (χ3n) is 5.24. The molecule has 29 heavy (non-hydrogen) atoms. The molecule has 0 unspecified atom stereocenters. The van der Waals surface area contributed by atoms with E-state index in [2.05, 4.69) is 11.9 Å². The predicted molar refractivity (Wildman–Crippen MR) is 116 cm³/mol. The molecule has 1 fully saturated rings. The van der Waals surface area contributed by atoms with Crippen LogP contribution in [0.5, 0.6) is 5.75 Å². The van der Waals surface area contributed by atoms with Crippen LogP contribution >= 0.6 is 11.3 Å². The smallest absolute Gasteiger partial charge is 0.269 e. The van der Waals surface area contributed by atoms with Crippen molar-refractivity contribution >= 4 is 23.1 Å². The van der Waals surface area contributed by atoms with Crippen LogP contribution in [0.4, 0.5) is 5.82 Å². The molecule has 3 heterocycles. The highest BCUT2D eigenvalue weighted by atomic mass is 32.1. The second kappa shape index (κ2) is 8.80. The van der Waals surface area contributed by atoms with Gasteiger partial charge in [0.05, 0.1) is 17.2 Å². The quantitative estimate of drug-likeness (QED) is 0.615. The lowest BCUT2D eigenvalue weighted by Gasteiger charge is -2.36. The molecule has 1 aliphatic rings. The summed E-state index contributed by atoms with van der Waals surface area (Å²) in [5.41, 5.74) is 0.937. The molecule has 4 rings (SSSR count). The number of ether oxygens (including phenoxy) is 1. The van der Waals surface area contributed by atoms with Gasteiger partial charge in [0.1, 0.15) is 5.75 Å². The Balaban J connectivity index is 1.62. The van der Waals surface area contributed by atoms with E-state index < -0.39 is 0 Å². The van der Waals surface area contributed by atoms with Gasteiger partial charge in [-0.15, -0.1) is 16.4 Å². The molecule has 3 aromatic rings. The Morgan fingerprint density at radius 3 is 2.62 bits per heavy atom. The number of hydrogen-bond donors (Lipinski definition) is 0. The maximum absolute atomic E-state index is 13.3. The zero-order valence-electron chi connectivity index (χ0n) is 16.8. The minimum Gasteiger partial charge on any atom is -0.494 e. The Kier molecular flexibility index (Phi) is 5.97. The Hall–Kier alpha value is -2.64. The summed E-state index contributed by atoms with van der Waals surface area (Å²) in [6, 6.07) is 13.7. The summed E-state index contributed by atoms with van der Waals surface area (Å²) in [6.45, 7) is 4.58. The summed E-state index contributed by atoms with van der Waals surface area (Å²) in [6.07, 6.45) is 3.81. The Morgan fingerprint density at radius 1 is 1.21 bits per heavy atom. The van der Waals surface area contributed by atoms with E-state index in [1.165, 1.54) is 11.3 Å². The first kappa shape index (κ1) is 19.7. The number of rotatable bonds is 6. The molecule has 0 saturated carbocycles. The van der Waals surface area contributed by atoms with E-state index in [1.807, 2.05) is 70.5 Å². The predicted octanol–water partition coefficient (Wildman–Crippen LogP) is 4.07. The van der Waals surface area contributed by atoms with E-state index in [0.29, 0.717) is 12.4 Å². The molecular weight excluding hydrogens is 384 g/mol. The van der Waals surface area contributed by atoms with E-state index in [-0.39, 0.29) is 11.9 Å². The Morgan fingerprint density at radius 2 is 1.97 bits per heavy atom. The van der Waals surface area contributed by atoms with Gasteiger partial charge in [-0.3, -0.25) is 9.69 Å². The normalized spacial score (nSPS) is 15.4. The van der Waals surface area contributed by atoms with Crippen LogP contribution in [0.3, 0.4) is 0 Å². The number of nitrogens with zero attached hydrogens (tertiary/aromatic N) is 4. The number of thiophene rings is 1. The van der Waals surface area contributed by atoms with Crippen molar-refractivity contribution < 1.29 is 9.53 Å². The van der Waals surface area contributed by atoms with Gasteiger partial charge >= 0.3 is 0 Å². The van der Waals surface area contributed by atoms with Crippen molar-refractivity contribution in [2.45, 2.75) is 25.8 Å².